The summed E-state index contributed by atoms with van der Waals surface area (Å²) in [6.45, 7) is 0.626. The molecule has 2 aromatic rings. The van der Waals surface area contributed by atoms with Crippen molar-refractivity contribution in [3.63, 3.8) is 0 Å². The van der Waals surface area contributed by atoms with Crippen LogP contribution in [0.1, 0.15) is 29.5 Å². The Labute approximate surface area is 177 Å². The van der Waals surface area contributed by atoms with E-state index in [4.69, 9.17) is 5.73 Å². The number of anilines is 1. The van der Waals surface area contributed by atoms with Crippen molar-refractivity contribution in [2.24, 2.45) is 10.7 Å². The number of nitrogens with two attached hydrogens (primary N) is 1. The number of carbonyl (C=O) groups excluding carboxylic acids is 1. The van der Waals surface area contributed by atoms with Crippen LogP contribution in [0.15, 0.2) is 53.5 Å². The number of benzene rings is 2. The number of hydrogen-bond donors (Lipinski definition) is 3. The number of nitrogens with one attached hydrogen (secondary N) is 2. The summed E-state index contributed by atoms with van der Waals surface area (Å²) in [4.78, 5) is 16.1. The molecule has 27 heavy (non-hydrogen) atoms. The molecule has 0 atom stereocenters. The summed E-state index contributed by atoms with van der Waals surface area (Å²) in [6, 6.07) is 16.3. The van der Waals surface area contributed by atoms with Gasteiger partial charge in [0, 0.05) is 12.2 Å². The van der Waals surface area contributed by atoms with E-state index >= 15 is 0 Å². The highest BCUT2D eigenvalue weighted by molar-refractivity contribution is 14.0. The largest absolute Gasteiger partial charge is 0.370 e. The molecule has 0 heterocycles. The van der Waals surface area contributed by atoms with Crippen molar-refractivity contribution in [3.05, 3.63) is 65.2 Å². The lowest BCUT2D eigenvalue weighted by atomic mass is 9.90. The maximum atomic E-state index is 11.9. The molecule has 0 saturated heterocycles. The lowest BCUT2D eigenvalue weighted by molar-refractivity contribution is -0.119. The maximum absolute atomic E-state index is 11.9. The van der Waals surface area contributed by atoms with Gasteiger partial charge in [0.15, 0.2) is 5.96 Å². The highest BCUT2D eigenvalue weighted by Crippen LogP contribution is 2.27. The molecular formula is C21H27IN4O. The molecule has 0 aromatic heterocycles. The second-order valence-electron chi connectivity index (χ2n) is 6.56. The summed E-state index contributed by atoms with van der Waals surface area (Å²) in [5.74, 6) is 0.156. The van der Waals surface area contributed by atoms with E-state index in [2.05, 4.69) is 21.7 Å². The van der Waals surface area contributed by atoms with Crippen LogP contribution in [0.4, 0.5) is 5.69 Å². The third-order valence-electron chi connectivity index (χ3n) is 4.63. The molecule has 1 amide bonds. The van der Waals surface area contributed by atoms with Gasteiger partial charge in [-0.05, 0) is 54.9 Å². The average Bonchev–Trinajstić information content (AvgIpc) is 2.67. The van der Waals surface area contributed by atoms with Gasteiger partial charge >= 0.3 is 0 Å². The zero-order chi connectivity index (χ0) is 18.2. The fourth-order valence-corrected chi connectivity index (χ4v) is 3.28. The summed E-state index contributed by atoms with van der Waals surface area (Å²) >= 11 is 0. The van der Waals surface area contributed by atoms with Crippen LogP contribution in [0.25, 0.3) is 0 Å². The number of carbonyl (C=O) groups is 1. The summed E-state index contributed by atoms with van der Waals surface area (Å²) in [7, 11) is 0. The Morgan fingerprint density at radius 1 is 1.04 bits per heavy atom. The molecule has 0 spiro atoms. The lowest BCUT2D eigenvalue weighted by Gasteiger charge is -2.19. The smallest absolute Gasteiger partial charge is 0.241 e. The van der Waals surface area contributed by atoms with Gasteiger partial charge in [-0.1, -0.05) is 42.5 Å². The van der Waals surface area contributed by atoms with Gasteiger partial charge in [0.1, 0.15) is 6.54 Å². The van der Waals surface area contributed by atoms with Crippen molar-refractivity contribution < 1.29 is 4.79 Å². The van der Waals surface area contributed by atoms with Gasteiger partial charge in [-0.25, -0.2) is 4.99 Å². The standard InChI is InChI=1S/C21H26N4O.HI/c22-21(25-19-12-6-10-17-9-4-5-11-18(17)19)24-15-20(26)23-14-13-16-7-2-1-3-8-16;/h1-3,6-8,10,12H,4-5,9,11,13-15H2,(H,23,26)(H3,22,24,25);1H. The highest BCUT2D eigenvalue weighted by atomic mass is 127. The first-order valence-electron chi connectivity index (χ1n) is 9.21. The van der Waals surface area contributed by atoms with Crippen molar-refractivity contribution in [2.45, 2.75) is 32.1 Å². The summed E-state index contributed by atoms with van der Waals surface area (Å²) in [5.41, 5.74) is 10.9. The number of amides is 1. The van der Waals surface area contributed by atoms with Crippen molar-refractivity contribution in [1.29, 1.82) is 0 Å². The molecular weight excluding hydrogens is 451 g/mol. The molecule has 0 fully saturated rings. The third-order valence-corrected chi connectivity index (χ3v) is 4.63. The Kier molecular flexibility index (Phi) is 8.57. The molecule has 0 bridgehead atoms. The summed E-state index contributed by atoms with van der Waals surface area (Å²) in [5, 5.41) is 6.03. The SMILES string of the molecule is I.NC(=NCC(=O)NCCc1ccccc1)Nc1cccc2c1CCCC2. The zero-order valence-corrected chi connectivity index (χ0v) is 17.7. The monoisotopic (exact) mass is 478 g/mol. The Morgan fingerprint density at radius 2 is 1.81 bits per heavy atom. The van der Waals surface area contributed by atoms with Crippen molar-refractivity contribution in [2.75, 3.05) is 18.4 Å². The first-order chi connectivity index (χ1) is 12.7. The third kappa shape index (κ3) is 6.53. The molecule has 2 aromatic carbocycles. The second-order valence-corrected chi connectivity index (χ2v) is 6.56. The number of guanidine groups is 1. The van der Waals surface area contributed by atoms with E-state index in [1.165, 1.54) is 29.5 Å². The zero-order valence-electron chi connectivity index (χ0n) is 15.4. The van der Waals surface area contributed by atoms with E-state index in [0.717, 1.165) is 24.9 Å². The molecule has 6 heteroatoms. The quantitative estimate of drug-likeness (QED) is 0.339. The summed E-state index contributed by atoms with van der Waals surface area (Å²) < 4.78 is 0. The van der Waals surface area contributed by atoms with Crippen LogP contribution in [0.3, 0.4) is 0 Å². The van der Waals surface area contributed by atoms with Crippen molar-refractivity contribution in [3.8, 4) is 0 Å². The van der Waals surface area contributed by atoms with Crippen LogP contribution in [-0.4, -0.2) is 25.0 Å². The number of halogens is 1. The fourth-order valence-electron chi connectivity index (χ4n) is 3.28. The van der Waals surface area contributed by atoms with Gasteiger partial charge < -0.3 is 16.4 Å². The van der Waals surface area contributed by atoms with E-state index in [9.17, 15) is 4.79 Å². The average molecular weight is 478 g/mol. The van der Waals surface area contributed by atoms with E-state index in [1.807, 2.05) is 42.5 Å². The number of fused-ring (bicyclic) bond motifs is 1. The Hall–Kier alpha value is -2.09. The molecule has 0 radical (unpaired) electrons. The van der Waals surface area contributed by atoms with Crippen molar-refractivity contribution >= 4 is 41.5 Å². The van der Waals surface area contributed by atoms with Crippen LogP contribution in [0.2, 0.25) is 0 Å². The van der Waals surface area contributed by atoms with Crippen LogP contribution in [-0.2, 0) is 24.1 Å². The number of hydrogen-bond acceptors (Lipinski definition) is 2. The minimum Gasteiger partial charge on any atom is -0.370 e. The van der Waals surface area contributed by atoms with Crippen LogP contribution < -0.4 is 16.4 Å². The topological polar surface area (TPSA) is 79.5 Å². The molecule has 4 N–H and O–H groups in total. The predicted octanol–water partition coefficient (Wildman–Crippen LogP) is 3.27. The van der Waals surface area contributed by atoms with Crippen LogP contribution in [0, 0.1) is 0 Å². The number of nitrogens with zero attached hydrogens (tertiary/aromatic N) is 1. The number of aryl methyl sites for hydroxylation is 1. The second kappa shape index (κ2) is 10.9. The normalized spacial score (nSPS) is 13.3. The first kappa shape index (κ1) is 21.2. The maximum Gasteiger partial charge on any atom is 0.241 e. The first-order valence-corrected chi connectivity index (χ1v) is 9.21. The Morgan fingerprint density at radius 3 is 2.63 bits per heavy atom. The van der Waals surface area contributed by atoms with Gasteiger partial charge in [0.2, 0.25) is 5.91 Å². The van der Waals surface area contributed by atoms with Gasteiger partial charge in [-0.3, -0.25) is 4.79 Å². The molecule has 3 rings (SSSR count). The minimum atomic E-state index is -0.124. The van der Waals surface area contributed by atoms with Gasteiger partial charge in [-0.15, -0.1) is 24.0 Å². The molecule has 1 aliphatic rings. The van der Waals surface area contributed by atoms with Gasteiger partial charge in [-0.2, -0.15) is 0 Å². The van der Waals surface area contributed by atoms with E-state index in [1.54, 1.807) is 0 Å². The minimum absolute atomic E-state index is 0. The Bertz CT molecular complexity index is 777. The number of rotatable bonds is 6. The molecule has 144 valence electrons. The van der Waals surface area contributed by atoms with Gasteiger partial charge in [0.25, 0.3) is 0 Å². The Balaban J connectivity index is 0.00000261. The molecule has 1 aliphatic carbocycles. The predicted molar refractivity (Wildman–Crippen MR) is 122 cm³/mol. The van der Waals surface area contributed by atoms with Gasteiger partial charge in [0.05, 0.1) is 0 Å². The van der Waals surface area contributed by atoms with Crippen molar-refractivity contribution in [1.82, 2.24) is 5.32 Å². The molecule has 5 nitrogen and oxygen atoms in total. The molecule has 0 unspecified atom stereocenters. The number of aliphatic imine (C=N–C) groups is 1. The molecule has 0 aliphatic heterocycles. The fraction of sp³-hybridized carbons (Fsp3) is 0.333. The van der Waals surface area contributed by atoms with Crippen LogP contribution in [0.5, 0.6) is 0 Å². The summed E-state index contributed by atoms with van der Waals surface area (Å²) in [6.07, 6.45) is 5.42. The molecule has 0 saturated carbocycles. The van der Waals surface area contributed by atoms with E-state index in [0.29, 0.717) is 6.54 Å². The highest BCUT2D eigenvalue weighted by Gasteiger charge is 2.13. The lowest BCUT2D eigenvalue weighted by Crippen LogP contribution is -2.30. The van der Waals surface area contributed by atoms with E-state index in [-0.39, 0.29) is 42.4 Å². The van der Waals surface area contributed by atoms with E-state index < -0.39 is 0 Å². The van der Waals surface area contributed by atoms with Crippen LogP contribution >= 0.6 is 24.0 Å².